The van der Waals surface area contributed by atoms with Gasteiger partial charge in [-0.1, -0.05) is 25.0 Å². The standard InChI is InChI=1S/C14H21NO3S/c1-19(17,18)14-9-5-4-8-13(14)15-12-7-3-2-6-11(12)10-16/h4-5,8-9,11-12,15-16H,2-3,6-7,10H2,1H3. The first kappa shape index (κ1) is 14.3. The molecule has 5 heteroatoms. The molecule has 0 saturated heterocycles. The maximum absolute atomic E-state index is 11.8. The van der Waals surface area contributed by atoms with E-state index < -0.39 is 9.84 Å². The van der Waals surface area contributed by atoms with Gasteiger partial charge in [0.05, 0.1) is 10.6 Å². The van der Waals surface area contributed by atoms with Gasteiger partial charge in [-0.2, -0.15) is 0 Å². The molecule has 19 heavy (non-hydrogen) atoms. The zero-order chi connectivity index (χ0) is 13.9. The topological polar surface area (TPSA) is 66.4 Å². The molecule has 0 bridgehead atoms. The first-order chi connectivity index (χ1) is 9.02. The molecule has 1 aliphatic rings. The Hall–Kier alpha value is -1.07. The molecule has 106 valence electrons. The van der Waals surface area contributed by atoms with Crippen molar-refractivity contribution in [3.63, 3.8) is 0 Å². The number of para-hydroxylation sites is 1. The van der Waals surface area contributed by atoms with Crippen LogP contribution < -0.4 is 5.32 Å². The second kappa shape index (κ2) is 5.92. The van der Waals surface area contributed by atoms with Gasteiger partial charge in [0.1, 0.15) is 0 Å². The Kier molecular flexibility index (Phi) is 4.47. The number of sulfone groups is 1. The lowest BCUT2D eigenvalue weighted by Crippen LogP contribution is -2.34. The Balaban J connectivity index is 2.23. The fraction of sp³-hybridized carbons (Fsp3) is 0.571. The third-order valence-electron chi connectivity index (χ3n) is 3.77. The highest BCUT2D eigenvalue weighted by Gasteiger charge is 2.25. The highest BCUT2D eigenvalue weighted by molar-refractivity contribution is 7.90. The summed E-state index contributed by atoms with van der Waals surface area (Å²) in [5.41, 5.74) is 0.648. The Bertz CT molecular complexity index is 527. The van der Waals surface area contributed by atoms with Gasteiger partial charge in [0.25, 0.3) is 0 Å². The van der Waals surface area contributed by atoms with Crippen LogP contribution in [0.2, 0.25) is 0 Å². The Labute approximate surface area is 114 Å². The number of hydrogen-bond acceptors (Lipinski definition) is 4. The maximum atomic E-state index is 11.8. The zero-order valence-corrected chi connectivity index (χ0v) is 12.0. The van der Waals surface area contributed by atoms with Crippen molar-refractivity contribution in [2.24, 2.45) is 5.92 Å². The molecular formula is C14H21NO3S. The van der Waals surface area contributed by atoms with E-state index in [1.807, 2.05) is 6.07 Å². The molecule has 1 saturated carbocycles. The van der Waals surface area contributed by atoms with E-state index in [0.717, 1.165) is 25.7 Å². The van der Waals surface area contributed by atoms with Crippen molar-refractivity contribution in [1.29, 1.82) is 0 Å². The van der Waals surface area contributed by atoms with Gasteiger partial charge in [0.15, 0.2) is 9.84 Å². The van der Waals surface area contributed by atoms with E-state index in [1.165, 1.54) is 6.26 Å². The van der Waals surface area contributed by atoms with Crippen LogP contribution in [0.25, 0.3) is 0 Å². The van der Waals surface area contributed by atoms with Gasteiger partial charge in [0, 0.05) is 24.8 Å². The summed E-state index contributed by atoms with van der Waals surface area (Å²) in [7, 11) is -3.23. The third-order valence-corrected chi connectivity index (χ3v) is 4.93. The minimum Gasteiger partial charge on any atom is -0.396 e. The van der Waals surface area contributed by atoms with E-state index in [9.17, 15) is 13.5 Å². The molecule has 0 aliphatic heterocycles. The summed E-state index contributed by atoms with van der Waals surface area (Å²) in [5.74, 6) is 0.210. The van der Waals surface area contributed by atoms with E-state index in [1.54, 1.807) is 18.2 Å². The van der Waals surface area contributed by atoms with Crippen LogP contribution in [0, 0.1) is 5.92 Å². The van der Waals surface area contributed by atoms with Gasteiger partial charge in [-0.3, -0.25) is 0 Å². The highest BCUT2D eigenvalue weighted by Crippen LogP contribution is 2.29. The molecule has 2 unspecified atom stereocenters. The fourth-order valence-electron chi connectivity index (χ4n) is 2.73. The lowest BCUT2D eigenvalue weighted by molar-refractivity contribution is 0.178. The highest BCUT2D eigenvalue weighted by atomic mass is 32.2. The van der Waals surface area contributed by atoms with E-state index in [0.29, 0.717) is 10.6 Å². The van der Waals surface area contributed by atoms with Crippen molar-refractivity contribution >= 4 is 15.5 Å². The van der Waals surface area contributed by atoms with Crippen molar-refractivity contribution in [2.75, 3.05) is 18.2 Å². The molecule has 2 N–H and O–H groups in total. The van der Waals surface area contributed by atoms with Crippen LogP contribution in [-0.2, 0) is 9.84 Å². The van der Waals surface area contributed by atoms with Crippen LogP contribution in [0.5, 0.6) is 0 Å². The van der Waals surface area contributed by atoms with Crippen LogP contribution >= 0.6 is 0 Å². The van der Waals surface area contributed by atoms with Crippen molar-refractivity contribution in [3.05, 3.63) is 24.3 Å². The second-order valence-electron chi connectivity index (χ2n) is 5.25. The van der Waals surface area contributed by atoms with Crippen LogP contribution in [0.15, 0.2) is 29.2 Å². The number of hydrogen-bond donors (Lipinski definition) is 2. The minimum absolute atomic E-state index is 0.151. The van der Waals surface area contributed by atoms with Crippen molar-refractivity contribution in [3.8, 4) is 0 Å². The lowest BCUT2D eigenvalue weighted by atomic mass is 9.85. The molecule has 1 aromatic carbocycles. The lowest BCUT2D eigenvalue weighted by Gasteiger charge is -2.32. The third kappa shape index (κ3) is 3.48. The molecule has 1 aliphatic carbocycles. The van der Waals surface area contributed by atoms with E-state index >= 15 is 0 Å². The van der Waals surface area contributed by atoms with Crippen LogP contribution in [-0.4, -0.2) is 32.4 Å². The molecule has 4 nitrogen and oxygen atoms in total. The average molecular weight is 283 g/mol. The summed E-state index contributed by atoms with van der Waals surface area (Å²) in [6.07, 6.45) is 5.45. The summed E-state index contributed by atoms with van der Waals surface area (Å²) in [4.78, 5) is 0.331. The fourth-order valence-corrected chi connectivity index (χ4v) is 3.58. The molecule has 2 rings (SSSR count). The van der Waals surface area contributed by atoms with Crippen LogP contribution in [0.4, 0.5) is 5.69 Å². The largest absolute Gasteiger partial charge is 0.396 e. The molecule has 0 amide bonds. The predicted octanol–water partition coefficient (Wildman–Crippen LogP) is 2.05. The van der Waals surface area contributed by atoms with Gasteiger partial charge in [-0.25, -0.2) is 8.42 Å². The van der Waals surface area contributed by atoms with Crippen LogP contribution in [0.3, 0.4) is 0 Å². The summed E-state index contributed by atoms with van der Waals surface area (Å²) in [6, 6.07) is 7.12. The molecule has 0 aromatic heterocycles. The average Bonchev–Trinajstić information content (AvgIpc) is 2.39. The minimum atomic E-state index is -3.23. The molecule has 0 spiro atoms. The van der Waals surface area contributed by atoms with E-state index in [-0.39, 0.29) is 18.6 Å². The number of benzene rings is 1. The van der Waals surface area contributed by atoms with Gasteiger partial charge < -0.3 is 10.4 Å². The number of rotatable bonds is 4. The van der Waals surface area contributed by atoms with Crippen LogP contribution in [0.1, 0.15) is 25.7 Å². The number of nitrogens with one attached hydrogen (secondary N) is 1. The molecule has 1 aromatic rings. The molecule has 2 atom stereocenters. The molecule has 0 radical (unpaired) electrons. The number of aliphatic hydroxyl groups is 1. The molecular weight excluding hydrogens is 262 g/mol. The number of aliphatic hydroxyl groups excluding tert-OH is 1. The zero-order valence-electron chi connectivity index (χ0n) is 11.2. The number of anilines is 1. The Morgan fingerprint density at radius 1 is 1.26 bits per heavy atom. The van der Waals surface area contributed by atoms with Gasteiger partial charge in [-0.15, -0.1) is 0 Å². The second-order valence-corrected chi connectivity index (χ2v) is 7.23. The van der Waals surface area contributed by atoms with Gasteiger partial charge in [0.2, 0.25) is 0 Å². The van der Waals surface area contributed by atoms with Crippen molar-refractivity contribution < 1.29 is 13.5 Å². The summed E-state index contributed by atoms with van der Waals surface area (Å²) in [6.45, 7) is 0.151. The smallest absolute Gasteiger partial charge is 0.177 e. The quantitative estimate of drug-likeness (QED) is 0.887. The summed E-state index contributed by atoms with van der Waals surface area (Å²) in [5, 5.41) is 12.7. The monoisotopic (exact) mass is 283 g/mol. The Morgan fingerprint density at radius 3 is 2.63 bits per heavy atom. The predicted molar refractivity (Wildman–Crippen MR) is 76.0 cm³/mol. The normalized spacial score (nSPS) is 24.1. The Morgan fingerprint density at radius 2 is 1.95 bits per heavy atom. The molecule has 1 fully saturated rings. The first-order valence-corrected chi connectivity index (χ1v) is 8.58. The molecule has 0 heterocycles. The first-order valence-electron chi connectivity index (χ1n) is 6.69. The summed E-state index contributed by atoms with van der Waals surface area (Å²) >= 11 is 0. The SMILES string of the molecule is CS(=O)(=O)c1ccccc1NC1CCCCC1CO. The van der Waals surface area contributed by atoms with Crippen molar-refractivity contribution in [1.82, 2.24) is 0 Å². The van der Waals surface area contributed by atoms with E-state index in [2.05, 4.69) is 5.32 Å². The maximum Gasteiger partial charge on any atom is 0.177 e. The van der Waals surface area contributed by atoms with Crippen molar-refractivity contribution in [2.45, 2.75) is 36.6 Å². The van der Waals surface area contributed by atoms with Gasteiger partial charge >= 0.3 is 0 Å². The summed E-state index contributed by atoms with van der Waals surface area (Å²) < 4.78 is 23.5. The van der Waals surface area contributed by atoms with Gasteiger partial charge in [-0.05, 0) is 25.0 Å². The van der Waals surface area contributed by atoms with E-state index in [4.69, 9.17) is 0 Å².